The molecule has 7 nitrogen and oxygen atoms in total. The summed E-state index contributed by atoms with van der Waals surface area (Å²) < 4.78 is 5.44. The Bertz CT molecular complexity index is 989. The third-order valence-corrected chi connectivity index (χ3v) is 5.05. The maximum Gasteiger partial charge on any atom is 0.228 e. The maximum atomic E-state index is 12.8. The van der Waals surface area contributed by atoms with Crippen LogP contribution in [0, 0.1) is 20.8 Å². The average Bonchev–Trinajstić information content (AvgIpc) is 3.04. The van der Waals surface area contributed by atoms with Crippen LogP contribution in [0.2, 0.25) is 0 Å². The summed E-state index contributed by atoms with van der Waals surface area (Å²) in [4.78, 5) is 25.3. The van der Waals surface area contributed by atoms with E-state index in [4.69, 9.17) is 4.52 Å². The number of anilines is 1. The van der Waals surface area contributed by atoms with Gasteiger partial charge in [-0.25, -0.2) is 9.97 Å². The molecule has 1 aromatic carbocycles. The monoisotopic (exact) mass is 365 g/mol. The molecular formula is C20H23N5O2. The summed E-state index contributed by atoms with van der Waals surface area (Å²) in [6.45, 7) is 8.89. The highest BCUT2D eigenvalue weighted by Gasteiger charge is 2.24. The Balaban J connectivity index is 1.43. The molecular weight excluding hydrogens is 342 g/mol. The van der Waals surface area contributed by atoms with E-state index in [1.54, 1.807) is 6.33 Å². The Morgan fingerprint density at radius 2 is 1.85 bits per heavy atom. The van der Waals surface area contributed by atoms with Crippen molar-refractivity contribution in [2.45, 2.75) is 27.2 Å². The SMILES string of the molecule is Cc1cc(C)c2c(CC(=O)N3CCN(c4cc(C)ncn4)CC3)noc2c1. The second kappa shape index (κ2) is 6.98. The molecule has 0 N–H and O–H groups in total. The number of carbonyl (C=O) groups is 1. The molecule has 1 amide bonds. The number of aryl methyl sites for hydroxylation is 3. The number of benzene rings is 1. The predicted molar refractivity (Wildman–Crippen MR) is 103 cm³/mol. The number of amides is 1. The van der Waals surface area contributed by atoms with Gasteiger partial charge in [0.15, 0.2) is 5.58 Å². The standard InChI is InChI=1S/C20H23N5O2/c1-13-8-14(2)20-16(23-27-17(20)9-13)11-19(26)25-6-4-24(5-7-25)18-10-15(3)21-12-22-18/h8-10,12H,4-7,11H2,1-3H3. The van der Waals surface area contributed by atoms with Gasteiger partial charge in [0.25, 0.3) is 0 Å². The topological polar surface area (TPSA) is 75.4 Å². The highest BCUT2D eigenvalue weighted by atomic mass is 16.5. The van der Waals surface area contributed by atoms with E-state index in [9.17, 15) is 4.79 Å². The Kier molecular flexibility index (Phi) is 4.51. The molecule has 4 rings (SSSR count). The first-order valence-corrected chi connectivity index (χ1v) is 9.18. The summed E-state index contributed by atoms with van der Waals surface area (Å²) in [5.41, 5.74) is 4.64. The molecule has 0 bridgehead atoms. The largest absolute Gasteiger partial charge is 0.356 e. The Morgan fingerprint density at radius 3 is 2.59 bits per heavy atom. The van der Waals surface area contributed by atoms with Crippen LogP contribution < -0.4 is 4.90 Å². The van der Waals surface area contributed by atoms with Crippen LogP contribution in [0.15, 0.2) is 29.0 Å². The predicted octanol–water partition coefficient (Wildman–Crippen LogP) is 2.43. The minimum absolute atomic E-state index is 0.0868. The zero-order valence-electron chi connectivity index (χ0n) is 15.9. The van der Waals surface area contributed by atoms with E-state index in [1.165, 1.54) is 0 Å². The van der Waals surface area contributed by atoms with Crippen molar-refractivity contribution in [3.63, 3.8) is 0 Å². The van der Waals surface area contributed by atoms with Crippen molar-refractivity contribution in [2.24, 2.45) is 0 Å². The maximum absolute atomic E-state index is 12.8. The smallest absolute Gasteiger partial charge is 0.228 e. The van der Waals surface area contributed by atoms with Crippen molar-refractivity contribution in [3.8, 4) is 0 Å². The van der Waals surface area contributed by atoms with Crippen molar-refractivity contribution < 1.29 is 9.32 Å². The molecule has 7 heteroatoms. The second-order valence-corrected chi connectivity index (χ2v) is 7.15. The van der Waals surface area contributed by atoms with E-state index in [1.807, 2.05) is 37.8 Å². The van der Waals surface area contributed by atoms with Crippen molar-refractivity contribution in [1.82, 2.24) is 20.0 Å². The third-order valence-electron chi connectivity index (χ3n) is 5.05. The van der Waals surface area contributed by atoms with Gasteiger partial charge in [0.2, 0.25) is 5.91 Å². The van der Waals surface area contributed by atoms with Gasteiger partial charge in [-0.3, -0.25) is 4.79 Å². The number of piperazine rings is 1. The van der Waals surface area contributed by atoms with Crippen LogP contribution in [-0.4, -0.2) is 52.1 Å². The van der Waals surface area contributed by atoms with Crippen molar-refractivity contribution in [1.29, 1.82) is 0 Å². The molecule has 0 unspecified atom stereocenters. The van der Waals surface area contributed by atoms with E-state index in [-0.39, 0.29) is 12.3 Å². The number of rotatable bonds is 3. The van der Waals surface area contributed by atoms with E-state index < -0.39 is 0 Å². The fraction of sp³-hybridized carbons (Fsp3) is 0.400. The molecule has 27 heavy (non-hydrogen) atoms. The summed E-state index contributed by atoms with van der Waals surface area (Å²) >= 11 is 0. The lowest BCUT2D eigenvalue weighted by Gasteiger charge is -2.35. The van der Waals surface area contributed by atoms with Crippen molar-refractivity contribution in [2.75, 3.05) is 31.1 Å². The van der Waals surface area contributed by atoms with Gasteiger partial charge in [-0.05, 0) is 38.0 Å². The quantitative estimate of drug-likeness (QED) is 0.710. The number of carbonyl (C=O) groups excluding carboxylic acids is 1. The molecule has 140 valence electrons. The van der Waals surface area contributed by atoms with Gasteiger partial charge in [-0.2, -0.15) is 0 Å². The highest BCUT2D eigenvalue weighted by molar-refractivity contribution is 5.88. The normalized spacial score (nSPS) is 14.8. The number of hydrogen-bond acceptors (Lipinski definition) is 6. The number of hydrogen-bond donors (Lipinski definition) is 0. The molecule has 0 atom stereocenters. The van der Waals surface area contributed by atoms with E-state index in [0.717, 1.165) is 52.4 Å². The Morgan fingerprint density at radius 1 is 1.07 bits per heavy atom. The summed E-state index contributed by atoms with van der Waals surface area (Å²) in [7, 11) is 0. The summed E-state index contributed by atoms with van der Waals surface area (Å²) in [5, 5.41) is 5.12. The van der Waals surface area contributed by atoms with E-state index in [2.05, 4.69) is 26.1 Å². The van der Waals surface area contributed by atoms with Crippen molar-refractivity contribution >= 4 is 22.7 Å². The summed E-state index contributed by atoms with van der Waals surface area (Å²) in [5.74, 6) is 1.01. The molecule has 3 aromatic rings. The highest BCUT2D eigenvalue weighted by Crippen LogP contribution is 2.25. The van der Waals surface area contributed by atoms with Gasteiger partial charge in [0, 0.05) is 43.3 Å². The van der Waals surface area contributed by atoms with Crippen LogP contribution in [0.3, 0.4) is 0 Å². The van der Waals surface area contributed by atoms with Crippen LogP contribution in [0.4, 0.5) is 5.82 Å². The van der Waals surface area contributed by atoms with Gasteiger partial charge in [-0.1, -0.05) is 11.2 Å². The first-order chi connectivity index (χ1) is 13.0. The van der Waals surface area contributed by atoms with Crippen LogP contribution >= 0.6 is 0 Å². The number of fused-ring (bicyclic) bond motifs is 1. The van der Waals surface area contributed by atoms with E-state index in [0.29, 0.717) is 13.1 Å². The van der Waals surface area contributed by atoms with Gasteiger partial charge in [-0.15, -0.1) is 0 Å². The molecule has 1 aliphatic heterocycles. The lowest BCUT2D eigenvalue weighted by atomic mass is 10.0. The Labute approximate surface area is 158 Å². The third kappa shape index (κ3) is 3.49. The van der Waals surface area contributed by atoms with Crippen LogP contribution in [0.1, 0.15) is 22.5 Å². The molecule has 2 aromatic heterocycles. The van der Waals surface area contributed by atoms with Gasteiger partial charge in [0.1, 0.15) is 17.8 Å². The van der Waals surface area contributed by atoms with Crippen molar-refractivity contribution in [3.05, 3.63) is 47.0 Å². The van der Waals surface area contributed by atoms with Gasteiger partial charge < -0.3 is 14.3 Å². The van der Waals surface area contributed by atoms with E-state index >= 15 is 0 Å². The second-order valence-electron chi connectivity index (χ2n) is 7.15. The van der Waals surface area contributed by atoms with Gasteiger partial charge >= 0.3 is 0 Å². The van der Waals surface area contributed by atoms with Gasteiger partial charge in [0.05, 0.1) is 6.42 Å². The molecule has 1 saturated heterocycles. The molecule has 1 aliphatic rings. The molecule has 0 aliphatic carbocycles. The molecule has 0 saturated carbocycles. The molecule has 0 radical (unpaired) electrons. The van der Waals surface area contributed by atoms with Crippen LogP contribution in [-0.2, 0) is 11.2 Å². The fourth-order valence-corrected chi connectivity index (χ4v) is 3.69. The first kappa shape index (κ1) is 17.5. The minimum Gasteiger partial charge on any atom is -0.356 e. The van der Waals surface area contributed by atoms with Crippen LogP contribution in [0.5, 0.6) is 0 Å². The first-order valence-electron chi connectivity index (χ1n) is 9.18. The minimum atomic E-state index is 0.0868. The molecule has 3 heterocycles. The number of nitrogens with zero attached hydrogens (tertiary/aromatic N) is 5. The number of aromatic nitrogens is 3. The summed E-state index contributed by atoms with van der Waals surface area (Å²) in [6.07, 6.45) is 1.85. The zero-order chi connectivity index (χ0) is 19.0. The molecule has 1 fully saturated rings. The fourth-order valence-electron chi connectivity index (χ4n) is 3.69. The Hall–Kier alpha value is -2.96. The zero-order valence-corrected chi connectivity index (χ0v) is 15.9. The lowest BCUT2D eigenvalue weighted by Crippen LogP contribution is -2.49. The van der Waals surface area contributed by atoms with Crippen LogP contribution in [0.25, 0.3) is 11.0 Å². The molecule has 0 spiro atoms. The average molecular weight is 365 g/mol. The lowest BCUT2D eigenvalue weighted by molar-refractivity contribution is -0.130. The summed E-state index contributed by atoms with van der Waals surface area (Å²) in [6, 6.07) is 6.03.